The van der Waals surface area contributed by atoms with Crippen LogP contribution in [0.3, 0.4) is 0 Å². The van der Waals surface area contributed by atoms with E-state index in [4.69, 9.17) is 4.42 Å². The normalized spacial score (nSPS) is 10.8. The van der Waals surface area contributed by atoms with Crippen LogP contribution in [0.4, 0.5) is 10.1 Å². The van der Waals surface area contributed by atoms with Crippen molar-refractivity contribution in [1.82, 2.24) is 0 Å². The van der Waals surface area contributed by atoms with Crippen molar-refractivity contribution >= 4 is 38.5 Å². The predicted octanol–water partition coefficient (Wildman–Crippen LogP) is 4.52. The zero-order chi connectivity index (χ0) is 14.8. The molecular formula is C16H11BrFNO2. The molecule has 0 aliphatic carbocycles. The molecule has 106 valence electrons. The highest BCUT2D eigenvalue weighted by atomic mass is 79.9. The van der Waals surface area contributed by atoms with Crippen LogP contribution < -0.4 is 5.32 Å². The van der Waals surface area contributed by atoms with Crippen molar-refractivity contribution in [2.45, 2.75) is 6.42 Å². The molecular weight excluding hydrogens is 337 g/mol. The van der Waals surface area contributed by atoms with Gasteiger partial charge in [-0.05, 0) is 42.5 Å². The second-order valence-corrected chi connectivity index (χ2v) is 5.55. The minimum atomic E-state index is -0.349. The fourth-order valence-corrected chi connectivity index (χ4v) is 2.37. The standard InChI is InChI=1S/C16H11BrFNO2/c17-11-1-4-13(5-2-11)19-16(20)7-10-9-21-15-6-3-12(18)8-14(10)15/h1-6,8-9H,7H2,(H,19,20). The summed E-state index contributed by atoms with van der Waals surface area (Å²) in [7, 11) is 0. The Morgan fingerprint density at radius 3 is 2.71 bits per heavy atom. The number of nitrogens with one attached hydrogen (secondary N) is 1. The van der Waals surface area contributed by atoms with Gasteiger partial charge in [0, 0.05) is 21.1 Å². The number of halogens is 2. The van der Waals surface area contributed by atoms with E-state index < -0.39 is 0 Å². The van der Waals surface area contributed by atoms with Crippen molar-refractivity contribution in [3.05, 3.63) is 64.6 Å². The van der Waals surface area contributed by atoms with E-state index in [2.05, 4.69) is 21.2 Å². The molecule has 1 aromatic heterocycles. The first-order valence-electron chi connectivity index (χ1n) is 6.33. The first-order chi connectivity index (χ1) is 10.1. The number of anilines is 1. The van der Waals surface area contributed by atoms with E-state index in [-0.39, 0.29) is 18.1 Å². The van der Waals surface area contributed by atoms with Crippen LogP contribution in [0.5, 0.6) is 0 Å². The molecule has 2 aromatic carbocycles. The Labute approximate surface area is 128 Å². The molecule has 1 heterocycles. The summed E-state index contributed by atoms with van der Waals surface area (Å²) >= 11 is 3.33. The van der Waals surface area contributed by atoms with Gasteiger partial charge in [-0.1, -0.05) is 15.9 Å². The quantitative estimate of drug-likeness (QED) is 0.756. The lowest BCUT2D eigenvalue weighted by Crippen LogP contribution is -2.14. The Kier molecular flexibility index (Phi) is 3.75. The van der Waals surface area contributed by atoms with Crippen molar-refractivity contribution in [2.75, 3.05) is 5.32 Å². The van der Waals surface area contributed by atoms with E-state index in [9.17, 15) is 9.18 Å². The predicted molar refractivity (Wildman–Crippen MR) is 82.6 cm³/mol. The number of carbonyl (C=O) groups excluding carboxylic acids is 1. The van der Waals surface area contributed by atoms with E-state index in [1.54, 1.807) is 18.2 Å². The van der Waals surface area contributed by atoms with E-state index in [0.29, 0.717) is 22.2 Å². The minimum absolute atomic E-state index is 0.131. The van der Waals surface area contributed by atoms with Crippen molar-refractivity contribution in [1.29, 1.82) is 0 Å². The van der Waals surface area contributed by atoms with Crippen molar-refractivity contribution in [3.8, 4) is 0 Å². The zero-order valence-corrected chi connectivity index (χ0v) is 12.5. The maximum Gasteiger partial charge on any atom is 0.228 e. The van der Waals surface area contributed by atoms with Gasteiger partial charge in [0.25, 0.3) is 0 Å². The molecule has 0 radical (unpaired) electrons. The molecule has 3 rings (SSSR count). The van der Waals surface area contributed by atoms with E-state index in [0.717, 1.165) is 4.47 Å². The van der Waals surface area contributed by atoms with Crippen LogP contribution in [0, 0.1) is 5.82 Å². The number of benzene rings is 2. The van der Waals surface area contributed by atoms with Crippen LogP contribution in [0.1, 0.15) is 5.56 Å². The van der Waals surface area contributed by atoms with E-state index >= 15 is 0 Å². The Bertz CT molecular complexity index is 796. The maximum atomic E-state index is 13.3. The average molecular weight is 348 g/mol. The van der Waals surface area contributed by atoms with E-state index in [1.165, 1.54) is 18.4 Å². The summed E-state index contributed by atoms with van der Waals surface area (Å²) in [5, 5.41) is 3.42. The summed E-state index contributed by atoms with van der Waals surface area (Å²) < 4.78 is 19.5. The van der Waals surface area contributed by atoms with Gasteiger partial charge in [0.1, 0.15) is 11.4 Å². The largest absolute Gasteiger partial charge is 0.464 e. The van der Waals surface area contributed by atoms with Crippen molar-refractivity contribution in [3.63, 3.8) is 0 Å². The smallest absolute Gasteiger partial charge is 0.228 e. The SMILES string of the molecule is O=C(Cc1coc2ccc(F)cc12)Nc1ccc(Br)cc1. The summed E-state index contributed by atoms with van der Waals surface area (Å²) in [6.45, 7) is 0. The fraction of sp³-hybridized carbons (Fsp3) is 0.0625. The summed E-state index contributed by atoms with van der Waals surface area (Å²) in [6, 6.07) is 11.6. The molecule has 5 heteroatoms. The Balaban J connectivity index is 1.77. The molecule has 0 saturated carbocycles. The van der Waals surface area contributed by atoms with Crippen LogP contribution in [-0.4, -0.2) is 5.91 Å². The number of amides is 1. The summed E-state index contributed by atoms with van der Waals surface area (Å²) in [4.78, 5) is 12.0. The first kappa shape index (κ1) is 13.8. The zero-order valence-electron chi connectivity index (χ0n) is 10.9. The van der Waals surface area contributed by atoms with Gasteiger partial charge in [-0.3, -0.25) is 4.79 Å². The van der Waals surface area contributed by atoms with Crippen molar-refractivity contribution in [2.24, 2.45) is 0 Å². The number of hydrogen-bond acceptors (Lipinski definition) is 2. The monoisotopic (exact) mass is 347 g/mol. The molecule has 0 fully saturated rings. The highest BCUT2D eigenvalue weighted by molar-refractivity contribution is 9.10. The molecule has 0 aliphatic heterocycles. The van der Waals surface area contributed by atoms with Crippen LogP contribution in [0.25, 0.3) is 11.0 Å². The Hall–Kier alpha value is -2.14. The minimum Gasteiger partial charge on any atom is -0.464 e. The third kappa shape index (κ3) is 3.13. The number of rotatable bonds is 3. The van der Waals surface area contributed by atoms with Crippen LogP contribution >= 0.6 is 15.9 Å². The van der Waals surface area contributed by atoms with Gasteiger partial charge < -0.3 is 9.73 Å². The van der Waals surface area contributed by atoms with Gasteiger partial charge in [-0.2, -0.15) is 0 Å². The van der Waals surface area contributed by atoms with Crippen molar-refractivity contribution < 1.29 is 13.6 Å². The fourth-order valence-electron chi connectivity index (χ4n) is 2.10. The molecule has 0 aliphatic rings. The summed E-state index contributed by atoms with van der Waals surface area (Å²) in [6.07, 6.45) is 1.62. The average Bonchev–Trinajstić information content (AvgIpc) is 2.84. The molecule has 3 aromatic rings. The van der Waals surface area contributed by atoms with Gasteiger partial charge in [-0.15, -0.1) is 0 Å². The lowest BCUT2D eigenvalue weighted by Gasteiger charge is -2.04. The van der Waals surface area contributed by atoms with Gasteiger partial charge in [-0.25, -0.2) is 4.39 Å². The van der Waals surface area contributed by atoms with Gasteiger partial charge in [0.2, 0.25) is 5.91 Å². The maximum absolute atomic E-state index is 13.3. The Morgan fingerprint density at radius 1 is 1.19 bits per heavy atom. The third-order valence-electron chi connectivity index (χ3n) is 3.09. The molecule has 1 amide bonds. The summed E-state index contributed by atoms with van der Waals surface area (Å²) in [5.74, 6) is -0.525. The van der Waals surface area contributed by atoms with Crippen LogP contribution in [0.15, 0.2) is 57.6 Å². The van der Waals surface area contributed by atoms with Crippen LogP contribution in [0.2, 0.25) is 0 Å². The lowest BCUT2D eigenvalue weighted by molar-refractivity contribution is -0.115. The molecule has 0 unspecified atom stereocenters. The second kappa shape index (κ2) is 5.69. The lowest BCUT2D eigenvalue weighted by atomic mass is 10.1. The highest BCUT2D eigenvalue weighted by Crippen LogP contribution is 2.23. The molecule has 21 heavy (non-hydrogen) atoms. The molecule has 0 spiro atoms. The second-order valence-electron chi connectivity index (χ2n) is 4.63. The molecule has 0 saturated heterocycles. The summed E-state index contributed by atoms with van der Waals surface area (Å²) in [5.41, 5.74) is 1.95. The molecule has 1 N–H and O–H groups in total. The molecule has 3 nitrogen and oxygen atoms in total. The third-order valence-corrected chi connectivity index (χ3v) is 3.62. The van der Waals surface area contributed by atoms with E-state index in [1.807, 2.05) is 12.1 Å². The van der Waals surface area contributed by atoms with Crippen LogP contribution in [-0.2, 0) is 11.2 Å². The number of fused-ring (bicyclic) bond motifs is 1. The number of furan rings is 1. The topological polar surface area (TPSA) is 42.2 Å². The first-order valence-corrected chi connectivity index (χ1v) is 7.12. The number of hydrogen-bond donors (Lipinski definition) is 1. The highest BCUT2D eigenvalue weighted by Gasteiger charge is 2.11. The van der Waals surface area contributed by atoms with Gasteiger partial charge in [0.15, 0.2) is 0 Å². The number of carbonyl (C=O) groups is 1. The Morgan fingerprint density at radius 2 is 1.95 bits per heavy atom. The van der Waals surface area contributed by atoms with Gasteiger partial charge in [0.05, 0.1) is 12.7 Å². The molecule has 0 atom stereocenters. The van der Waals surface area contributed by atoms with Gasteiger partial charge >= 0.3 is 0 Å². The molecule has 0 bridgehead atoms.